The van der Waals surface area contributed by atoms with Gasteiger partial charge in [-0.2, -0.15) is 4.31 Å². The molecule has 0 bridgehead atoms. The molecule has 0 saturated carbocycles. The van der Waals surface area contributed by atoms with E-state index in [0.29, 0.717) is 15.7 Å². The van der Waals surface area contributed by atoms with Crippen molar-refractivity contribution in [1.82, 2.24) is 4.31 Å². The molecular weight excluding hydrogens is 344 g/mol. The van der Waals surface area contributed by atoms with Crippen LogP contribution in [0, 0.1) is 12.8 Å². The number of nitrogen functional groups attached to an aromatic ring is 1. The van der Waals surface area contributed by atoms with Crippen molar-refractivity contribution in [3.05, 3.63) is 22.2 Å². The number of sulfonamides is 1. The number of anilines is 1. The van der Waals surface area contributed by atoms with Gasteiger partial charge in [0.25, 0.3) is 0 Å². The lowest BCUT2D eigenvalue weighted by Gasteiger charge is -2.48. The fourth-order valence-corrected chi connectivity index (χ4v) is 4.65. The van der Waals surface area contributed by atoms with Crippen LogP contribution < -0.4 is 5.73 Å². The molecule has 1 aliphatic heterocycles. The van der Waals surface area contributed by atoms with E-state index in [1.54, 1.807) is 19.1 Å². The molecule has 5 nitrogen and oxygen atoms in total. The predicted octanol–water partition coefficient (Wildman–Crippen LogP) is 1.73. The molecular formula is C13H19BrN2O3S. The van der Waals surface area contributed by atoms with E-state index in [0.717, 1.165) is 0 Å². The van der Waals surface area contributed by atoms with Crippen LogP contribution in [0.2, 0.25) is 0 Å². The molecule has 1 aliphatic rings. The Kier molecular flexibility index (Phi) is 3.92. The van der Waals surface area contributed by atoms with E-state index >= 15 is 0 Å². The van der Waals surface area contributed by atoms with Gasteiger partial charge in [0, 0.05) is 23.2 Å². The maximum absolute atomic E-state index is 12.6. The summed E-state index contributed by atoms with van der Waals surface area (Å²) in [6, 6.07) is 3.22. The topological polar surface area (TPSA) is 83.6 Å². The van der Waals surface area contributed by atoms with Gasteiger partial charge in [0.1, 0.15) is 0 Å². The highest BCUT2D eigenvalue weighted by molar-refractivity contribution is 9.10. The Bertz CT molecular complexity index is 637. The number of aliphatic hydroxyl groups is 1. The number of nitrogens with zero attached hydrogens (tertiary/aromatic N) is 1. The molecule has 2 rings (SSSR count). The van der Waals surface area contributed by atoms with E-state index in [1.165, 1.54) is 4.31 Å². The van der Waals surface area contributed by atoms with Crippen molar-refractivity contribution < 1.29 is 13.5 Å². The SMILES string of the molecule is Cc1c(N)cc(Br)cc1S(=O)(=O)N1CC(O)(C(C)C)C1. The standard InChI is InChI=1S/C13H19BrN2O3S/c1-8(2)13(17)6-16(7-13)20(18,19)12-5-10(14)4-11(15)9(12)3/h4-5,8,17H,6-7,15H2,1-3H3. The van der Waals surface area contributed by atoms with Crippen LogP contribution >= 0.6 is 15.9 Å². The molecule has 7 heteroatoms. The van der Waals surface area contributed by atoms with Crippen LogP contribution in [-0.4, -0.2) is 36.5 Å². The van der Waals surface area contributed by atoms with Gasteiger partial charge in [-0.3, -0.25) is 0 Å². The summed E-state index contributed by atoms with van der Waals surface area (Å²) in [4.78, 5) is 0.190. The zero-order valence-electron chi connectivity index (χ0n) is 11.7. The van der Waals surface area contributed by atoms with Gasteiger partial charge in [-0.1, -0.05) is 29.8 Å². The zero-order valence-corrected chi connectivity index (χ0v) is 14.1. The summed E-state index contributed by atoms with van der Waals surface area (Å²) >= 11 is 3.26. The fraction of sp³-hybridized carbons (Fsp3) is 0.538. The second-order valence-electron chi connectivity index (χ2n) is 5.65. The second-order valence-corrected chi connectivity index (χ2v) is 8.47. The lowest BCUT2D eigenvalue weighted by Crippen LogP contribution is -2.65. The molecule has 1 heterocycles. The molecule has 3 N–H and O–H groups in total. The van der Waals surface area contributed by atoms with E-state index < -0.39 is 15.6 Å². The number of halogens is 1. The fourth-order valence-electron chi connectivity index (χ4n) is 2.18. The second kappa shape index (κ2) is 4.98. The summed E-state index contributed by atoms with van der Waals surface area (Å²) in [6.07, 6.45) is 0. The third-order valence-corrected chi connectivity index (χ3v) is 6.33. The van der Waals surface area contributed by atoms with E-state index in [-0.39, 0.29) is 23.9 Å². The summed E-state index contributed by atoms with van der Waals surface area (Å²) in [5.74, 6) is 0.0163. The number of hydrogen-bond donors (Lipinski definition) is 2. The van der Waals surface area contributed by atoms with Crippen LogP contribution in [0.5, 0.6) is 0 Å². The van der Waals surface area contributed by atoms with Gasteiger partial charge in [0.15, 0.2) is 0 Å². The Labute approximate surface area is 128 Å². The smallest absolute Gasteiger partial charge is 0.243 e. The van der Waals surface area contributed by atoms with Gasteiger partial charge in [-0.25, -0.2) is 8.42 Å². The van der Waals surface area contributed by atoms with Gasteiger partial charge in [0.2, 0.25) is 10.0 Å². The van der Waals surface area contributed by atoms with Crippen molar-refractivity contribution in [2.24, 2.45) is 5.92 Å². The van der Waals surface area contributed by atoms with Gasteiger partial charge < -0.3 is 10.8 Å². The van der Waals surface area contributed by atoms with Crippen LogP contribution in [0.3, 0.4) is 0 Å². The summed E-state index contributed by atoms with van der Waals surface area (Å²) in [6.45, 7) is 5.69. The molecule has 0 atom stereocenters. The molecule has 0 unspecified atom stereocenters. The highest BCUT2D eigenvalue weighted by Crippen LogP contribution is 2.35. The van der Waals surface area contributed by atoms with Crippen LogP contribution in [0.1, 0.15) is 19.4 Å². The van der Waals surface area contributed by atoms with Crippen LogP contribution in [-0.2, 0) is 10.0 Å². The first-order valence-electron chi connectivity index (χ1n) is 6.36. The monoisotopic (exact) mass is 362 g/mol. The molecule has 112 valence electrons. The summed E-state index contributed by atoms with van der Waals surface area (Å²) in [5.41, 5.74) is 5.85. The van der Waals surface area contributed by atoms with Gasteiger partial charge in [-0.15, -0.1) is 0 Å². The molecule has 1 saturated heterocycles. The Balaban J connectivity index is 2.35. The van der Waals surface area contributed by atoms with E-state index in [4.69, 9.17) is 5.73 Å². The van der Waals surface area contributed by atoms with Crippen molar-refractivity contribution in [1.29, 1.82) is 0 Å². The van der Waals surface area contributed by atoms with Crippen molar-refractivity contribution in [2.45, 2.75) is 31.3 Å². The van der Waals surface area contributed by atoms with Crippen LogP contribution in [0.15, 0.2) is 21.5 Å². The highest BCUT2D eigenvalue weighted by Gasteiger charge is 2.49. The van der Waals surface area contributed by atoms with Crippen molar-refractivity contribution >= 4 is 31.6 Å². The number of nitrogens with two attached hydrogens (primary N) is 1. The van der Waals surface area contributed by atoms with E-state index in [9.17, 15) is 13.5 Å². The lowest BCUT2D eigenvalue weighted by atomic mass is 9.85. The Hall–Kier alpha value is -0.630. The average molecular weight is 363 g/mol. The Morgan fingerprint density at radius 2 is 1.95 bits per heavy atom. The number of β-amino-alcohol motifs (C(OH)–C–C–N with tert-alkyl or cyclic N) is 1. The van der Waals surface area contributed by atoms with Crippen molar-refractivity contribution in [2.75, 3.05) is 18.8 Å². The Morgan fingerprint density at radius 1 is 1.40 bits per heavy atom. The molecule has 0 spiro atoms. The van der Waals surface area contributed by atoms with Crippen molar-refractivity contribution in [3.8, 4) is 0 Å². The lowest BCUT2D eigenvalue weighted by molar-refractivity contribution is -0.0932. The van der Waals surface area contributed by atoms with E-state index in [2.05, 4.69) is 15.9 Å². The minimum atomic E-state index is -3.62. The average Bonchev–Trinajstić information content (AvgIpc) is 2.29. The molecule has 0 aromatic heterocycles. The molecule has 1 aromatic carbocycles. The first-order chi connectivity index (χ1) is 9.08. The molecule has 1 fully saturated rings. The third-order valence-electron chi connectivity index (χ3n) is 3.96. The minimum absolute atomic E-state index is 0.0163. The van der Waals surface area contributed by atoms with Gasteiger partial charge in [-0.05, 0) is 30.5 Å². The summed E-state index contributed by atoms with van der Waals surface area (Å²) < 4.78 is 27.1. The minimum Gasteiger partial charge on any atom is -0.398 e. The van der Waals surface area contributed by atoms with E-state index in [1.807, 2.05) is 13.8 Å². The molecule has 1 aromatic rings. The first kappa shape index (κ1) is 15.8. The number of rotatable bonds is 3. The van der Waals surface area contributed by atoms with Gasteiger partial charge in [0.05, 0.1) is 10.5 Å². The number of hydrogen-bond acceptors (Lipinski definition) is 4. The third kappa shape index (κ3) is 2.47. The molecule has 0 radical (unpaired) electrons. The molecule has 0 amide bonds. The van der Waals surface area contributed by atoms with Gasteiger partial charge >= 0.3 is 0 Å². The predicted molar refractivity (Wildman–Crippen MR) is 81.8 cm³/mol. The normalized spacial score (nSPS) is 19.1. The summed E-state index contributed by atoms with van der Waals surface area (Å²) in [7, 11) is -3.62. The maximum atomic E-state index is 12.6. The quantitative estimate of drug-likeness (QED) is 0.802. The zero-order chi connectivity index (χ0) is 15.3. The maximum Gasteiger partial charge on any atom is 0.243 e. The Morgan fingerprint density at radius 3 is 2.45 bits per heavy atom. The van der Waals surface area contributed by atoms with Crippen molar-refractivity contribution in [3.63, 3.8) is 0 Å². The van der Waals surface area contributed by atoms with Crippen LogP contribution in [0.4, 0.5) is 5.69 Å². The molecule has 0 aliphatic carbocycles. The molecule has 20 heavy (non-hydrogen) atoms. The summed E-state index contributed by atoms with van der Waals surface area (Å²) in [5, 5.41) is 10.2. The largest absolute Gasteiger partial charge is 0.398 e. The number of benzene rings is 1. The first-order valence-corrected chi connectivity index (χ1v) is 8.59. The van der Waals surface area contributed by atoms with Crippen LogP contribution in [0.25, 0.3) is 0 Å². The highest BCUT2D eigenvalue weighted by atomic mass is 79.9.